The molecule has 0 atom stereocenters. The number of ether oxygens (including phenoxy) is 1. The van der Waals surface area contributed by atoms with Crippen molar-refractivity contribution in [1.82, 2.24) is 25.0 Å². The SMILES string of the molecule is CCn1nc(-c2cccc(-c3cccc(CC(=O)NCCN4CCOCC4)c3)c2)cc(NC(=O)Nc2c(Cl)cncc2Cl)c1=O. The van der Waals surface area contributed by atoms with E-state index >= 15 is 0 Å². The Morgan fingerprint density at radius 1 is 0.933 bits per heavy atom. The third-order valence-electron chi connectivity index (χ3n) is 7.25. The van der Waals surface area contributed by atoms with Gasteiger partial charge in [-0.3, -0.25) is 19.5 Å². The number of nitrogens with one attached hydrogen (secondary N) is 3. The molecule has 1 fully saturated rings. The molecule has 4 aromatic rings. The summed E-state index contributed by atoms with van der Waals surface area (Å²) in [6.07, 6.45) is 2.97. The topological polar surface area (TPSA) is 130 Å². The number of hydrogen-bond acceptors (Lipinski definition) is 7. The van der Waals surface area contributed by atoms with E-state index in [1.807, 2.05) is 48.5 Å². The summed E-state index contributed by atoms with van der Waals surface area (Å²) in [6.45, 7) is 6.71. The molecule has 0 aliphatic carbocycles. The molecule has 3 N–H and O–H groups in total. The van der Waals surface area contributed by atoms with E-state index in [-0.39, 0.29) is 33.7 Å². The molecule has 45 heavy (non-hydrogen) atoms. The van der Waals surface area contributed by atoms with Gasteiger partial charge < -0.3 is 20.7 Å². The number of anilines is 2. The summed E-state index contributed by atoms with van der Waals surface area (Å²) in [5.74, 6) is -0.0299. The van der Waals surface area contributed by atoms with E-state index in [4.69, 9.17) is 27.9 Å². The quantitative estimate of drug-likeness (QED) is 0.222. The monoisotopic (exact) mass is 649 g/mol. The van der Waals surface area contributed by atoms with Crippen molar-refractivity contribution >= 4 is 46.5 Å². The Kier molecular flexibility index (Phi) is 10.8. The van der Waals surface area contributed by atoms with Gasteiger partial charge in [0.1, 0.15) is 5.69 Å². The highest BCUT2D eigenvalue weighted by Gasteiger charge is 2.16. The normalized spacial score (nSPS) is 13.3. The Morgan fingerprint density at radius 3 is 2.36 bits per heavy atom. The highest BCUT2D eigenvalue weighted by atomic mass is 35.5. The molecular formula is C32H33Cl2N7O4. The van der Waals surface area contributed by atoms with Crippen LogP contribution in [0, 0.1) is 0 Å². The molecule has 5 rings (SSSR count). The number of urea groups is 1. The zero-order valence-corrected chi connectivity index (χ0v) is 26.2. The third kappa shape index (κ3) is 8.46. The maximum Gasteiger partial charge on any atom is 0.323 e. The first-order valence-corrected chi connectivity index (χ1v) is 15.3. The molecule has 3 amide bonds. The molecule has 0 spiro atoms. The van der Waals surface area contributed by atoms with Gasteiger partial charge >= 0.3 is 6.03 Å². The first-order chi connectivity index (χ1) is 21.8. The lowest BCUT2D eigenvalue weighted by molar-refractivity contribution is -0.120. The number of morpholine rings is 1. The van der Waals surface area contributed by atoms with Crippen LogP contribution in [-0.2, 0) is 22.5 Å². The summed E-state index contributed by atoms with van der Waals surface area (Å²) in [4.78, 5) is 44.6. The van der Waals surface area contributed by atoms with Gasteiger partial charge in [0.25, 0.3) is 5.56 Å². The summed E-state index contributed by atoms with van der Waals surface area (Å²) >= 11 is 12.2. The van der Waals surface area contributed by atoms with Crippen LogP contribution in [0.1, 0.15) is 12.5 Å². The molecule has 234 valence electrons. The first kappa shape index (κ1) is 32.1. The molecule has 11 nitrogen and oxygen atoms in total. The van der Waals surface area contributed by atoms with Crippen LogP contribution in [-0.4, -0.2) is 71.0 Å². The van der Waals surface area contributed by atoms with E-state index in [2.05, 4.69) is 30.9 Å². The summed E-state index contributed by atoms with van der Waals surface area (Å²) < 4.78 is 6.65. The fraction of sp³-hybridized carbons (Fsp3) is 0.281. The lowest BCUT2D eigenvalue weighted by atomic mass is 9.99. The molecule has 1 aliphatic rings. The van der Waals surface area contributed by atoms with Crippen LogP contribution < -0.4 is 21.5 Å². The van der Waals surface area contributed by atoms with Gasteiger partial charge in [0.15, 0.2) is 0 Å². The standard InChI is InChI=1S/C32H33Cl2N7O4/c1-2-41-31(43)28(37-32(44)38-30-25(33)19-35-20-26(30)34)18-27(39-41)24-8-4-7-23(17-24)22-6-3-5-21(15-22)16-29(42)36-9-10-40-11-13-45-14-12-40/h3-8,15,17-20H,2,9-14,16H2,1H3,(H,36,42)(H2,35,37,38,44). The van der Waals surface area contributed by atoms with Gasteiger partial charge in [-0.2, -0.15) is 5.10 Å². The van der Waals surface area contributed by atoms with E-state index in [0.29, 0.717) is 18.8 Å². The lowest BCUT2D eigenvalue weighted by Gasteiger charge is -2.26. The van der Waals surface area contributed by atoms with Crippen molar-refractivity contribution in [2.45, 2.75) is 19.9 Å². The second-order valence-electron chi connectivity index (χ2n) is 10.4. The van der Waals surface area contributed by atoms with Gasteiger partial charge in [0.2, 0.25) is 5.91 Å². The second-order valence-corrected chi connectivity index (χ2v) is 11.2. The van der Waals surface area contributed by atoms with Crippen LogP contribution in [0.25, 0.3) is 22.4 Å². The molecule has 13 heteroatoms. The average Bonchev–Trinajstić information content (AvgIpc) is 3.04. The number of benzene rings is 2. The van der Waals surface area contributed by atoms with Gasteiger partial charge in [-0.25, -0.2) is 9.48 Å². The number of nitrogens with zero attached hydrogens (tertiary/aromatic N) is 4. The number of aryl methyl sites for hydroxylation is 1. The lowest BCUT2D eigenvalue weighted by Crippen LogP contribution is -2.41. The number of halogens is 2. The van der Waals surface area contributed by atoms with Gasteiger partial charge in [-0.05, 0) is 35.7 Å². The number of pyridine rings is 1. The highest BCUT2D eigenvalue weighted by molar-refractivity contribution is 6.39. The van der Waals surface area contributed by atoms with Crippen LogP contribution in [0.3, 0.4) is 0 Å². The van der Waals surface area contributed by atoms with Crippen molar-refractivity contribution in [3.63, 3.8) is 0 Å². The maximum absolute atomic E-state index is 13.0. The summed E-state index contributed by atoms with van der Waals surface area (Å²) in [7, 11) is 0. The highest BCUT2D eigenvalue weighted by Crippen LogP contribution is 2.29. The molecule has 1 aliphatic heterocycles. The molecule has 0 bridgehead atoms. The third-order valence-corrected chi connectivity index (χ3v) is 7.82. The van der Waals surface area contributed by atoms with Crippen molar-refractivity contribution in [3.05, 3.63) is 93.0 Å². The van der Waals surface area contributed by atoms with E-state index < -0.39 is 11.6 Å². The Balaban J connectivity index is 1.30. The van der Waals surface area contributed by atoms with Gasteiger partial charge in [-0.1, -0.05) is 65.7 Å². The minimum Gasteiger partial charge on any atom is -0.379 e. The fourth-order valence-electron chi connectivity index (χ4n) is 4.93. The molecular weight excluding hydrogens is 617 g/mol. The Labute approximate surface area is 270 Å². The van der Waals surface area contributed by atoms with Crippen LogP contribution >= 0.6 is 23.2 Å². The van der Waals surface area contributed by atoms with E-state index in [0.717, 1.165) is 55.1 Å². The zero-order chi connectivity index (χ0) is 31.8. The number of rotatable bonds is 10. The molecule has 1 saturated heterocycles. The molecule has 0 radical (unpaired) electrons. The number of amides is 3. The van der Waals surface area contributed by atoms with Crippen LogP contribution in [0.4, 0.5) is 16.2 Å². The average molecular weight is 651 g/mol. The van der Waals surface area contributed by atoms with E-state index in [1.165, 1.54) is 23.1 Å². The summed E-state index contributed by atoms with van der Waals surface area (Å²) in [5, 5.41) is 13.0. The molecule has 0 unspecified atom stereocenters. The van der Waals surface area contributed by atoms with E-state index in [1.54, 1.807) is 6.92 Å². The van der Waals surface area contributed by atoms with Crippen molar-refractivity contribution in [1.29, 1.82) is 0 Å². The van der Waals surface area contributed by atoms with Crippen LogP contribution in [0.15, 0.2) is 71.8 Å². The van der Waals surface area contributed by atoms with Crippen molar-refractivity contribution in [2.75, 3.05) is 50.0 Å². The minimum absolute atomic E-state index is 0.0299. The van der Waals surface area contributed by atoms with Crippen molar-refractivity contribution < 1.29 is 14.3 Å². The van der Waals surface area contributed by atoms with E-state index in [9.17, 15) is 14.4 Å². The smallest absolute Gasteiger partial charge is 0.323 e. The number of hydrogen-bond donors (Lipinski definition) is 3. The number of carbonyl (C=O) groups excluding carboxylic acids is 2. The van der Waals surface area contributed by atoms with Gasteiger partial charge in [0, 0.05) is 50.7 Å². The number of aromatic nitrogens is 3. The molecule has 2 aromatic heterocycles. The maximum atomic E-state index is 13.0. The molecule has 0 saturated carbocycles. The summed E-state index contributed by atoms with van der Waals surface area (Å²) in [5.41, 5.74) is 3.72. The van der Waals surface area contributed by atoms with Crippen LogP contribution in [0.5, 0.6) is 0 Å². The zero-order valence-electron chi connectivity index (χ0n) is 24.7. The Morgan fingerprint density at radius 2 is 1.62 bits per heavy atom. The summed E-state index contributed by atoms with van der Waals surface area (Å²) in [6, 6.07) is 16.4. The largest absolute Gasteiger partial charge is 0.379 e. The molecule has 2 aromatic carbocycles. The molecule has 3 heterocycles. The number of carbonyl (C=O) groups is 2. The Bertz CT molecular complexity index is 1720. The predicted molar refractivity (Wildman–Crippen MR) is 176 cm³/mol. The van der Waals surface area contributed by atoms with Gasteiger partial charge in [-0.15, -0.1) is 0 Å². The first-order valence-electron chi connectivity index (χ1n) is 14.6. The Hall–Kier alpha value is -4.29. The fourth-order valence-corrected chi connectivity index (χ4v) is 5.39. The van der Waals surface area contributed by atoms with Crippen LogP contribution in [0.2, 0.25) is 10.0 Å². The second kappa shape index (κ2) is 15.1. The predicted octanol–water partition coefficient (Wildman–Crippen LogP) is 4.93. The van der Waals surface area contributed by atoms with Gasteiger partial charge in [0.05, 0.1) is 41.1 Å². The van der Waals surface area contributed by atoms with Crippen molar-refractivity contribution in [2.24, 2.45) is 0 Å². The minimum atomic E-state index is -0.697. The van der Waals surface area contributed by atoms with Crippen molar-refractivity contribution in [3.8, 4) is 22.4 Å².